The number of carbonyl (C=O) groups is 19. The Labute approximate surface area is 800 Å². The number of aliphatic hydroxyl groups excluding tert-OH is 2. The molecule has 9 rings (SSSR count). The number of fused-ring (bicyclic) bond motifs is 4. The second kappa shape index (κ2) is 50.8. The van der Waals surface area contributed by atoms with Crippen LogP contribution >= 0.6 is 11.8 Å². The van der Waals surface area contributed by atoms with Crippen molar-refractivity contribution in [1.82, 2.24) is 87.2 Å². The number of carboxylic acid groups (broad SMARTS) is 1. The first-order chi connectivity index (χ1) is 65.6. The topological polar surface area (TPSA) is 653 Å². The third kappa shape index (κ3) is 29.6. The molecule has 3 saturated heterocycles. The fraction of sp³-hybridized carbons (Fsp3) is 0.527. The van der Waals surface area contributed by atoms with Crippen LogP contribution in [0.2, 0.25) is 0 Å². The number of unbranched alkanes of at least 4 members (excludes halogenated alkanes) is 2. The van der Waals surface area contributed by atoms with Gasteiger partial charge in [0.25, 0.3) is 0 Å². The normalized spacial score (nSPS) is 24.9. The fourth-order valence-corrected chi connectivity index (χ4v) is 18.0. The SMILES string of the molecule is CCCC[C@H]1C(=O)N(C)[C@@H](CCCC)C(=O)N[C@@H](CC(C)C)C(=O)N[C@H](C(=O)NCC(N)=O)CSCC(=O)N[C@@H](Cc2ccc(O)cc2)C(=O)N(C)[C@@H](C)C(=O)N[C@@H](CC(N)=O)C(=O)N2CCC[C@H]2C(=O)N[C@@H](CC2=CN=CC2)C(=O)N[C@@H](CCC(N)=O)C(=O)N2C[C@H](O)C[C@H]2C(=O)N[C@@H](Cc2c[nH]c3ccccc23)C(=O)N[C@@H](CO)C(=O)N[C@@H](Cc2cn(CC(=O)O)c3ccccc23)C(=O)N1C. The number of nitrogens with one attached hydrogen (secondary N) is 11. The molecule has 4 aliphatic heterocycles. The highest BCUT2D eigenvalue weighted by Crippen LogP contribution is 2.29. The molecule has 5 aromatic rings. The molecule has 3 aromatic carbocycles. The van der Waals surface area contributed by atoms with Crippen molar-refractivity contribution in [3.8, 4) is 5.75 Å². The Morgan fingerprint density at radius 3 is 1.78 bits per heavy atom. The van der Waals surface area contributed by atoms with Crippen molar-refractivity contribution in [2.75, 3.05) is 58.9 Å². The van der Waals surface area contributed by atoms with Crippen molar-refractivity contribution in [1.29, 1.82) is 0 Å². The summed E-state index contributed by atoms with van der Waals surface area (Å²) in [7, 11) is 3.83. The van der Waals surface area contributed by atoms with Crippen LogP contribution in [0.4, 0.5) is 0 Å². The van der Waals surface area contributed by atoms with E-state index in [1.165, 1.54) is 75.5 Å². The van der Waals surface area contributed by atoms with Crippen molar-refractivity contribution < 1.29 is 112 Å². The maximum Gasteiger partial charge on any atom is 0.323 e. The number of H-pyrrole nitrogens is 1. The number of aliphatic imine (C=N–C) groups is 1. The van der Waals surface area contributed by atoms with Crippen LogP contribution in [0.25, 0.3) is 21.8 Å². The van der Waals surface area contributed by atoms with Crippen LogP contribution in [0.1, 0.15) is 148 Å². The van der Waals surface area contributed by atoms with E-state index in [2.05, 4.69) is 63.1 Å². The number of hydrogen-bond acceptors (Lipinski definition) is 24. The van der Waals surface area contributed by atoms with E-state index in [-0.39, 0.29) is 82.4 Å². The smallest absolute Gasteiger partial charge is 0.323 e. The van der Waals surface area contributed by atoms with E-state index in [1.807, 2.05) is 13.8 Å². The molecule has 0 saturated carbocycles. The summed E-state index contributed by atoms with van der Waals surface area (Å²) in [6, 6.07) is -3.81. The first kappa shape index (κ1) is 108. The Morgan fingerprint density at radius 1 is 0.572 bits per heavy atom. The number of aromatic nitrogens is 2. The van der Waals surface area contributed by atoms with Gasteiger partial charge in [-0.3, -0.25) is 96.1 Å². The summed E-state index contributed by atoms with van der Waals surface area (Å²) in [5, 5.41) is 70.2. The van der Waals surface area contributed by atoms with Crippen molar-refractivity contribution >= 4 is 152 Å². The first-order valence-electron chi connectivity index (χ1n) is 46.0. The number of aliphatic carboxylic acids is 1. The number of carbonyl (C=O) groups excluding carboxylic acids is 18. The van der Waals surface area contributed by atoms with E-state index in [1.54, 1.807) is 68.6 Å². The number of aliphatic hydroxyl groups is 2. The molecule has 45 heteroatoms. The number of amides is 18. The Morgan fingerprint density at radius 2 is 1.14 bits per heavy atom. The van der Waals surface area contributed by atoms with E-state index >= 15 is 38.4 Å². The third-order valence-corrected chi connectivity index (χ3v) is 25.8. The zero-order chi connectivity index (χ0) is 101. The highest BCUT2D eigenvalue weighted by molar-refractivity contribution is 8.00. The molecule has 0 radical (unpaired) electrons. The minimum atomic E-state index is -1.99. The van der Waals surface area contributed by atoms with E-state index in [4.69, 9.17) is 17.2 Å². The number of aromatic amines is 1. The molecule has 2 aromatic heterocycles. The largest absolute Gasteiger partial charge is 0.508 e. The summed E-state index contributed by atoms with van der Waals surface area (Å²) in [5.74, 6) is -20.5. The minimum absolute atomic E-state index is 0.0238. The van der Waals surface area contributed by atoms with E-state index < -0.39 is 273 Å². The van der Waals surface area contributed by atoms with Crippen LogP contribution in [0, 0.1) is 5.92 Å². The molecule has 21 N–H and O–H groups in total. The first-order valence-corrected chi connectivity index (χ1v) is 47.2. The summed E-state index contributed by atoms with van der Waals surface area (Å²) in [6.07, 6.45) is 2.25. The van der Waals surface area contributed by atoms with Gasteiger partial charge < -0.3 is 125 Å². The lowest BCUT2D eigenvalue weighted by molar-refractivity contribution is -0.149. The highest BCUT2D eigenvalue weighted by Gasteiger charge is 2.47. The van der Waals surface area contributed by atoms with Crippen molar-refractivity contribution in [2.24, 2.45) is 28.1 Å². The highest BCUT2D eigenvalue weighted by atomic mass is 32.2. The van der Waals surface area contributed by atoms with Gasteiger partial charge >= 0.3 is 5.97 Å². The summed E-state index contributed by atoms with van der Waals surface area (Å²) in [4.78, 5) is 288. The molecule has 44 nitrogen and oxygen atoms in total. The Bertz CT molecular complexity index is 5370. The number of phenols is 1. The summed E-state index contributed by atoms with van der Waals surface area (Å²) >= 11 is 0.770. The van der Waals surface area contributed by atoms with Crippen LogP contribution < -0.4 is 70.4 Å². The maximum absolute atomic E-state index is 15.9. The van der Waals surface area contributed by atoms with Crippen molar-refractivity contribution in [2.45, 2.75) is 247 Å². The zero-order valence-corrected chi connectivity index (χ0v) is 79.3. The zero-order valence-electron chi connectivity index (χ0n) is 78.5. The second-order valence-corrected chi connectivity index (χ2v) is 36.6. The van der Waals surface area contributed by atoms with Gasteiger partial charge in [0.05, 0.1) is 31.4 Å². The van der Waals surface area contributed by atoms with Crippen molar-refractivity contribution in [3.05, 3.63) is 114 Å². The molecular formula is C93H127N21O23S. The van der Waals surface area contributed by atoms with Gasteiger partial charge in [-0.25, -0.2) is 0 Å². The molecule has 0 bridgehead atoms. The predicted octanol–water partition coefficient (Wildman–Crippen LogP) is -2.59. The van der Waals surface area contributed by atoms with Gasteiger partial charge in [0.15, 0.2) is 0 Å². The quantitative estimate of drug-likeness (QED) is 0.0257. The number of phenolic OH excluding ortho intramolecular Hbond substituents is 1. The van der Waals surface area contributed by atoms with Gasteiger partial charge in [-0.15, -0.1) is 11.8 Å². The maximum atomic E-state index is 15.9. The summed E-state index contributed by atoms with van der Waals surface area (Å²) < 4.78 is 1.40. The molecule has 0 spiro atoms. The van der Waals surface area contributed by atoms with Crippen molar-refractivity contribution in [3.63, 3.8) is 0 Å². The average molecular weight is 1940 g/mol. The number of para-hydroxylation sites is 2. The number of nitrogens with zero attached hydrogens (tertiary/aromatic N) is 7. The van der Waals surface area contributed by atoms with Gasteiger partial charge in [0, 0.05) is 125 Å². The monoisotopic (exact) mass is 1940 g/mol. The number of thioether (sulfide) groups is 1. The predicted molar refractivity (Wildman–Crippen MR) is 504 cm³/mol. The van der Waals surface area contributed by atoms with Gasteiger partial charge in [0.1, 0.15) is 96.9 Å². The van der Waals surface area contributed by atoms with E-state index in [0.29, 0.717) is 63.3 Å². The van der Waals surface area contributed by atoms with Gasteiger partial charge in [-0.2, -0.15) is 0 Å². The molecule has 6 heterocycles. The number of primary amides is 3. The van der Waals surface area contributed by atoms with E-state index in [0.717, 1.165) is 36.3 Å². The summed E-state index contributed by atoms with van der Waals surface area (Å²) in [5.41, 5.74) is 19.4. The number of hydrogen-bond donors (Lipinski definition) is 18. The molecule has 3 fully saturated rings. The molecule has 0 unspecified atom stereocenters. The van der Waals surface area contributed by atoms with Crippen LogP contribution in [0.5, 0.6) is 5.75 Å². The van der Waals surface area contributed by atoms with Crippen LogP contribution in [0.3, 0.4) is 0 Å². The number of likely N-dealkylation sites (N-methyl/N-ethyl adjacent to an activating group) is 3. The lowest BCUT2D eigenvalue weighted by Gasteiger charge is -2.36. The standard InChI is InChI=1S/C93H127N21O23S/c1-9-11-21-71-86(130)102-62(34-50(3)4)82(126)108-69(81(125)99-43-77(96)120)48-138-49-78(121)100-65(35-52-25-27-56(116)28-26-52)89(133)109(6)51(5)80(124)105-67(40-76(95)119)92(136)113-33-17-24-72(113)87(131)103-63(36-53-31-32-97-41-53)83(127)101-61(29-30-75(94)118)91(135)114-45-57(117)39-74(114)88(132)104-64(37-54-42-98-60-20-15-13-18-58(54)60)84(128)107-68(47-115)85(129)106-66(90(134)111(8)73(22-12-10-2)93(137)110(71)7)38-55-44-112(46-79(122)123)70-23-16-14-19-59(55)70/h13-16,18-20,23,25-28,32,41-42,44,50-51,57,61-69,71-74,98,115-117H,9-12,17,21-22,24,29-31,33-40,43,45-49H2,1-8H3,(H2,94,118)(H2,95,119)(H2,96,120)(H,99,125)(H,100,121)(H,101,127)(H,102,130)(H,103,131)(H,104,132)(H,105,124)(H,106,129)(H,107,128)(H,108,126)(H,122,123)/t51-,57+,61-,62-,63-,64-,65-,66-,67-,68-,69-,71-,72-,73-,74-/m0/s1. The molecule has 4 aliphatic rings. The molecule has 748 valence electrons. The Hall–Kier alpha value is -13.9. The average Bonchev–Trinajstić information content (AvgIpc) is 1.63. The second-order valence-electron chi connectivity index (χ2n) is 35.6. The van der Waals surface area contributed by atoms with Gasteiger partial charge in [-0.05, 0) is 104 Å². The Balaban J connectivity index is 1.12. The molecule has 18 amide bonds. The number of nitrogens with two attached hydrogens (primary N) is 3. The number of aromatic hydroxyl groups is 1. The van der Waals surface area contributed by atoms with Crippen LogP contribution in [-0.2, 0) is 117 Å². The third-order valence-electron chi connectivity index (χ3n) is 24.7. The fourth-order valence-electron chi connectivity index (χ4n) is 17.2. The molecule has 138 heavy (non-hydrogen) atoms. The molecule has 15 atom stereocenters. The van der Waals surface area contributed by atoms with Gasteiger partial charge in [0.2, 0.25) is 106 Å². The Kier molecular flexibility index (Phi) is 39.7. The minimum Gasteiger partial charge on any atom is -0.508 e. The van der Waals surface area contributed by atoms with Crippen LogP contribution in [0.15, 0.2) is 102 Å². The van der Waals surface area contributed by atoms with Crippen LogP contribution in [-0.4, -0.2) is 323 Å². The lowest BCUT2D eigenvalue weighted by Crippen LogP contribution is -2.61. The number of carboxylic acids is 1. The number of benzene rings is 3. The molecular weight excluding hydrogens is 1810 g/mol. The molecule has 0 aliphatic carbocycles. The van der Waals surface area contributed by atoms with Gasteiger partial charge in [-0.1, -0.05) is 102 Å². The number of rotatable bonds is 27. The summed E-state index contributed by atoms with van der Waals surface area (Å²) in [6.45, 7) is 5.17. The van der Waals surface area contributed by atoms with E-state index in [9.17, 15) is 73.2 Å². The lowest BCUT2D eigenvalue weighted by atomic mass is 9.99.